The van der Waals surface area contributed by atoms with Gasteiger partial charge in [0, 0.05) is 18.6 Å². The number of hydrogen-bond donors (Lipinski definition) is 0. The molecular formula is C18H32O2Si. The van der Waals surface area contributed by atoms with Gasteiger partial charge in [0.25, 0.3) is 0 Å². The molecular weight excluding hydrogens is 276 g/mol. The van der Waals surface area contributed by atoms with Crippen LogP contribution in [0.5, 0.6) is 0 Å². The van der Waals surface area contributed by atoms with E-state index in [-0.39, 0.29) is 5.41 Å². The summed E-state index contributed by atoms with van der Waals surface area (Å²) in [7, 11) is -0.568. The monoisotopic (exact) mass is 308 g/mol. The SMILES string of the molecule is CCCOCC(C)(C)CO[SiH2]C(C)(C)Cc1ccccc1. The molecule has 3 heteroatoms. The van der Waals surface area contributed by atoms with E-state index in [2.05, 4.69) is 65.0 Å². The van der Waals surface area contributed by atoms with Crippen LogP contribution in [0.3, 0.4) is 0 Å². The molecule has 0 fully saturated rings. The van der Waals surface area contributed by atoms with Gasteiger partial charge < -0.3 is 9.16 Å². The van der Waals surface area contributed by atoms with Gasteiger partial charge in [-0.2, -0.15) is 0 Å². The lowest BCUT2D eigenvalue weighted by atomic mass is 9.97. The lowest BCUT2D eigenvalue weighted by Crippen LogP contribution is -2.29. The molecule has 1 rings (SSSR count). The zero-order chi connectivity index (χ0) is 15.8. The van der Waals surface area contributed by atoms with Crippen molar-refractivity contribution in [1.82, 2.24) is 0 Å². The van der Waals surface area contributed by atoms with Gasteiger partial charge in [-0.25, -0.2) is 0 Å². The van der Waals surface area contributed by atoms with Crippen LogP contribution in [0.25, 0.3) is 0 Å². The number of ether oxygens (including phenoxy) is 1. The maximum Gasteiger partial charge on any atom is 0.167 e. The van der Waals surface area contributed by atoms with E-state index in [1.54, 1.807) is 0 Å². The van der Waals surface area contributed by atoms with Gasteiger partial charge in [0.15, 0.2) is 9.76 Å². The van der Waals surface area contributed by atoms with Crippen LogP contribution in [-0.4, -0.2) is 29.6 Å². The Morgan fingerprint density at radius 3 is 2.29 bits per heavy atom. The van der Waals surface area contributed by atoms with Gasteiger partial charge in [-0.1, -0.05) is 65.0 Å². The molecule has 0 radical (unpaired) electrons. The Bertz CT molecular complexity index is 387. The fourth-order valence-electron chi connectivity index (χ4n) is 2.34. The molecule has 0 heterocycles. The molecule has 0 amide bonds. The highest BCUT2D eigenvalue weighted by molar-refractivity contribution is 6.32. The first-order valence-electron chi connectivity index (χ1n) is 8.04. The van der Waals surface area contributed by atoms with Crippen molar-refractivity contribution in [3.8, 4) is 0 Å². The van der Waals surface area contributed by atoms with Crippen LogP contribution in [0, 0.1) is 5.41 Å². The molecule has 21 heavy (non-hydrogen) atoms. The van der Waals surface area contributed by atoms with E-state index in [1.165, 1.54) is 5.56 Å². The molecule has 0 saturated heterocycles. The standard InChI is InChI=1S/C18H32O2Si/c1-6-12-19-14-17(2,3)15-20-21-18(4,5)13-16-10-8-7-9-11-16/h7-11H,6,12-15,21H2,1-5H3. The van der Waals surface area contributed by atoms with Crippen LogP contribution in [0.2, 0.25) is 5.04 Å². The average Bonchev–Trinajstić information content (AvgIpc) is 2.38. The van der Waals surface area contributed by atoms with E-state index in [1.807, 2.05) is 0 Å². The number of rotatable bonds is 10. The Kier molecular flexibility index (Phi) is 7.64. The van der Waals surface area contributed by atoms with Gasteiger partial charge in [-0.3, -0.25) is 0 Å². The summed E-state index contributed by atoms with van der Waals surface area (Å²) in [6.45, 7) is 13.7. The van der Waals surface area contributed by atoms with Gasteiger partial charge in [-0.15, -0.1) is 0 Å². The molecule has 1 aromatic rings. The molecule has 0 spiro atoms. The second-order valence-electron chi connectivity index (χ2n) is 7.54. The largest absolute Gasteiger partial charge is 0.423 e. The van der Waals surface area contributed by atoms with Crippen molar-refractivity contribution >= 4 is 9.76 Å². The van der Waals surface area contributed by atoms with E-state index in [9.17, 15) is 0 Å². The first kappa shape index (κ1) is 18.4. The third-order valence-corrected chi connectivity index (χ3v) is 4.79. The zero-order valence-electron chi connectivity index (χ0n) is 14.4. The second kappa shape index (κ2) is 8.72. The van der Waals surface area contributed by atoms with E-state index in [0.717, 1.165) is 32.7 Å². The number of benzene rings is 1. The second-order valence-corrected chi connectivity index (χ2v) is 10.1. The van der Waals surface area contributed by atoms with Crippen molar-refractivity contribution in [2.24, 2.45) is 5.41 Å². The summed E-state index contributed by atoms with van der Waals surface area (Å²) < 4.78 is 11.8. The van der Waals surface area contributed by atoms with Gasteiger partial charge in [0.05, 0.1) is 6.61 Å². The molecule has 0 bridgehead atoms. The van der Waals surface area contributed by atoms with Gasteiger partial charge in [0.2, 0.25) is 0 Å². The molecule has 0 saturated carbocycles. The van der Waals surface area contributed by atoms with Crippen LogP contribution in [0.15, 0.2) is 30.3 Å². The summed E-state index contributed by atoms with van der Waals surface area (Å²) in [5, 5.41) is 0.293. The Balaban J connectivity index is 2.32. The average molecular weight is 309 g/mol. The molecule has 0 N–H and O–H groups in total. The van der Waals surface area contributed by atoms with Crippen molar-refractivity contribution in [1.29, 1.82) is 0 Å². The van der Waals surface area contributed by atoms with Gasteiger partial charge in [-0.05, 0) is 23.4 Å². The topological polar surface area (TPSA) is 18.5 Å². The summed E-state index contributed by atoms with van der Waals surface area (Å²) in [6.07, 6.45) is 2.18. The van der Waals surface area contributed by atoms with Crippen molar-refractivity contribution in [3.05, 3.63) is 35.9 Å². The highest BCUT2D eigenvalue weighted by Crippen LogP contribution is 2.29. The highest BCUT2D eigenvalue weighted by atomic mass is 28.2. The van der Waals surface area contributed by atoms with E-state index in [0.29, 0.717) is 5.04 Å². The minimum absolute atomic E-state index is 0.116. The maximum absolute atomic E-state index is 6.13. The van der Waals surface area contributed by atoms with E-state index < -0.39 is 9.76 Å². The Morgan fingerprint density at radius 2 is 1.67 bits per heavy atom. The predicted octanol–water partition coefficient (Wildman–Crippen LogP) is 3.98. The van der Waals surface area contributed by atoms with Crippen LogP contribution < -0.4 is 0 Å². The Hall–Kier alpha value is -0.643. The van der Waals surface area contributed by atoms with Gasteiger partial charge >= 0.3 is 0 Å². The smallest absolute Gasteiger partial charge is 0.167 e. The van der Waals surface area contributed by atoms with Crippen molar-refractivity contribution in [3.63, 3.8) is 0 Å². The summed E-state index contributed by atoms with van der Waals surface area (Å²) in [4.78, 5) is 0. The molecule has 0 atom stereocenters. The Morgan fingerprint density at radius 1 is 1.00 bits per heavy atom. The molecule has 0 aliphatic rings. The summed E-state index contributed by atoms with van der Waals surface area (Å²) >= 11 is 0. The third kappa shape index (κ3) is 8.39. The molecule has 0 aliphatic heterocycles. The first-order valence-corrected chi connectivity index (χ1v) is 9.32. The molecule has 120 valence electrons. The van der Waals surface area contributed by atoms with Crippen molar-refractivity contribution in [2.75, 3.05) is 19.8 Å². The van der Waals surface area contributed by atoms with Crippen LogP contribution >= 0.6 is 0 Å². The molecule has 0 aromatic heterocycles. The summed E-state index contributed by atoms with van der Waals surface area (Å²) in [5.74, 6) is 0. The molecule has 0 unspecified atom stereocenters. The first-order chi connectivity index (χ1) is 9.85. The fourth-order valence-corrected chi connectivity index (χ4v) is 3.94. The number of hydrogen-bond acceptors (Lipinski definition) is 2. The summed E-state index contributed by atoms with van der Waals surface area (Å²) in [5.41, 5.74) is 1.52. The lowest BCUT2D eigenvalue weighted by Gasteiger charge is -2.29. The van der Waals surface area contributed by atoms with Crippen molar-refractivity contribution < 1.29 is 9.16 Å². The van der Waals surface area contributed by atoms with Crippen LogP contribution in [-0.2, 0) is 15.6 Å². The normalized spacial score (nSPS) is 13.2. The summed E-state index contributed by atoms with van der Waals surface area (Å²) in [6, 6.07) is 10.7. The minimum Gasteiger partial charge on any atom is -0.423 e. The quantitative estimate of drug-likeness (QED) is 0.481. The van der Waals surface area contributed by atoms with Crippen LogP contribution in [0.4, 0.5) is 0 Å². The van der Waals surface area contributed by atoms with Crippen molar-refractivity contribution in [2.45, 2.75) is 52.5 Å². The maximum atomic E-state index is 6.13. The van der Waals surface area contributed by atoms with E-state index in [4.69, 9.17) is 9.16 Å². The highest BCUT2D eigenvalue weighted by Gasteiger charge is 2.23. The lowest BCUT2D eigenvalue weighted by molar-refractivity contribution is 0.0348. The third-order valence-electron chi connectivity index (χ3n) is 3.35. The van der Waals surface area contributed by atoms with Crippen LogP contribution in [0.1, 0.15) is 46.6 Å². The molecule has 0 aliphatic carbocycles. The Labute approximate surface area is 133 Å². The zero-order valence-corrected chi connectivity index (χ0v) is 15.9. The molecule has 2 nitrogen and oxygen atoms in total. The molecule has 1 aromatic carbocycles. The van der Waals surface area contributed by atoms with E-state index >= 15 is 0 Å². The fraction of sp³-hybridized carbons (Fsp3) is 0.667. The minimum atomic E-state index is -0.568. The predicted molar refractivity (Wildman–Crippen MR) is 93.6 cm³/mol. The van der Waals surface area contributed by atoms with Gasteiger partial charge in [0.1, 0.15) is 0 Å².